The van der Waals surface area contributed by atoms with Gasteiger partial charge < -0.3 is 10.1 Å². The van der Waals surface area contributed by atoms with Gasteiger partial charge in [-0.05, 0) is 30.0 Å². The smallest absolute Gasteiger partial charge is 0.338 e. The summed E-state index contributed by atoms with van der Waals surface area (Å²) in [4.78, 5) is 34.6. The van der Waals surface area contributed by atoms with Crippen LogP contribution in [0.3, 0.4) is 0 Å². The molecule has 1 aromatic rings. The number of benzene rings is 1. The lowest BCUT2D eigenvalue weighted by atomic mass is 10.1. The fourth-order valence-corrected chi connectivity index (χ4v) is 1.59. The van der Waals surface area contributed by atoms with Gasteiger partial charge in [0.25, 0.3) is 5.91 Å². The maximum atomic E-state index is 11.7. The lowest BCUT2D eigenvalue weighted by molar-refractivity contribution is -0.123. The molecule has 0 saturated carbocycles. The van der Waals surface area contributed by atoms with Crippen LogP contribution in [-0.2, 0) is 16.0 Å². The van der Waals surface area contributed by atoms with Crippen LogP contribution in [0, 0.1) is 5.92 Å². The maximum absolute atomic E-state index is 11.7. The monoisotopic (exact) mass is 306 g/mol. The topological polar surface area (TPSA) is 84.5 Å². The minimum Gasteiger partial charge on any atom is -0.452 e. The van der Waals surface area contributed by atoms with Crippen molar-refractivity contribution < 1.29 is 19.1 Å². The summed E-state index contributed by atoms with van der Waals surface area (Å²) in [6.45, 7) is 5.86. The molecule has 0 fully saturated rings. The summed E-state index contributed by atoms with van der Waals surface area (Å²) in [5.74, 6) is -0.982. The Hall–Kier alpha value is -2.37. The molecule has 6 nitrogen and oxygen atoms in total. The molecule has 120 valence electrons. The van der Waals surface area contributed by atoms with E-state index in [0.29, 0.717) is 12.1 Å². The van der Waals surface area contributed by atoms with Gasteiger partial charge in [-0.25, -0.2) is 9.59 Å². The number of hydrogen-bond donors (Lipinski definition) is 2. The summed E-state index contributed by atoms with van der Waals surface area (Å²) in [6, 6.07) is 6.36. The highest BCUT2D eigenvalue weighted by Crippen LogP contribution is 2.06. The first-order valence-corrected chi connectivity index (χ1v) is 7.26. The highest BCUT2D eigenvalue weighted by Gasteiger charge is 2.12. The predicted octanol–water partition coefficient (Wildman–Crippen LogP) is 1.89. The van der Waals surface area contributed by atoms with E-state index < -0.39 is 24.5 Å². The number of urea groups is 1. The van der Waals surface area contributed by atoms with E-state index in [4.69, 9.17) is 4.74 Å². The fourth-order valence-electron chi connectivity index (χ4n) is 1.59. The Balaban J connectivity index is 2.36. The van der Waals surface area contributed by atoms with Crippen LogP contribution in [0.15, 0.2) is 24.3 Å². The minimum atomic E-state index is -0.667. The van der Waals surface area contributed by atoms with Crippen LogP contribution in [0.5, 0.6) is 0 Å². The molecule has 0 saturated heterocycles. The van der Waals surface area contributed by atoms with Crippen LogP contribution in [0.1, 0.15) is 36.7 Å². The molecule has 0 unspecified atom stereocenters. The Labute approximate surface area is 130 Å². The molecule has 0 aliphatic rings. The van der Waals surface area contributed by atoms with Crippen molar-refractivity contribution in [1.29, 1.82) is 0 Å². The van der Waals surface area contributed by atoms with Gasteiger partial charge in [-0.15, -0.1) is 0 Å². The van der Waals surface area contributed by atoms with Gasteiger partial charge in [0.2, 0.25) is 0 Å². The Morgan fingerprint density at radius 2 is 1.77 bits per heavy atom. The molecule has 6 heteroatoms. The molecule has 0 aliphatic carbocycles. The largest absolute Gasteiger partial charge is 0.452 e. The van der Waals surface area contributed by atoms with E-state index in [9.17, 15) is 14.4 Å². The highest BCUT2D eigenvalue weighted by molar-refractivity contribution is 5.97. The zero-order valence-corrected chi connectivity index (χ0v) is 13.1. The van der Waals surface area contributed by atoms with Gasteiger partial charge in [0.1, 0.15) is 0 Å². The molecular formula is C16H22N2O4. The van der Waals surface area contributed by atoms with Gasteiger partial charge in [-0.2, -0.15) is 0 Å². The first kappa shape index (κ1) is 17.7. The van der Waals surface area contributed by atoms with Gasteiger partial charge in [-0.1, -0.05) is 32.9 Å². The summed E-state index contributed by atoms with van der Waals surface area (Å²) in [5, 5.41) is 4.63. The summed E-state index contributed by atoms with van der Waals surface area (Å²) >= 11 is 0. The molecule has 1 rings (SSSR count). The third-order valence-electron chi connectivity index (χ3n) is 2.86. The number of hydrogen-bond acceptors (Lipinski definition) is 4. The molecule has 0 aliphatic heterocycles. The molecule has 0 atom stereocenters. The number of rotatable bonds is 6. The quantitative estimate of drug-likeness (QED) is 0.786. The second-order valence-electron chi connectivity index (χ2n) is 5.28. The van der Waals surface area contributed by atoms with Crippen molar-refractivity contribution >= 4 is 17.9 Å². The van der Waals surface area contributed by atoms with Crippen LogP contribution in [0.25, 0.3) is 0 Å². The van der Waals surface area contributed by atoms with E-state index in [1.807, 2.05) is 32.9 Å². The van der Waals surface area contributed by atoms with Gasteiger partial charge >= 0.3 is 12.0 Å². The first-order chi connectivity index (χ1) is 10.4. The summed E-state index contributed by atoms with van der Waals surface area (Å²) in [7, 11) is 0. The molecule has 1 aromatic carbocycles. The third-order valence-corrected chi connectivity index (χ3v) is 2.86. The fraction of sp³-hybridized carbons (Fsp3) is 0.438. The number of nitrogens with one attached hydrogen (secondary N) is 2. The predicted molar refractivity (Wildman–Crippen MR) is 82.5 cm³/mol. The molecule has 0 spiro atoms. The number of ether oxygens (including phenoxy) is 1. The highest BCUT2D eigenvalue weighted by atomic mass is 16.5. The lowest BCUT2D eigenvalue weighted by Gasteiger charge is -2.09. The standard InChI is InChI=1S/C16H22N2O4/c1-4-12-5-7-13(8-6-12)15(20)22-10-14(19)18-16(21)17-9-11(2)3/h5-8,11H,4,9-10H2,1-3H3,(H2,17,18,19,21). The number of imide groups is 1. The average molecular weight is 306 g/mol. The van der Waals surface area contributed by atoms with Gasteiger partial charge in [-0.3, -0.25) is 10.1 Å². The van der Waals surface area contributed by atoms with Crippen LogP contribution in [-0.4, -0.2) is 31.1 Å². The minimum absolute atomic E-state index is 0.282. The normalized spacial score (nSPS) is 10.2. The lowest BCUT2D eigenvalue weighted by Crippen LogP contribution is -2.42. The van der Waals surface area contributed by atoms with Crippen molar-refractivity contribution in [2.45, 2.75) is 27.2 Å². The number of amides is 3. The Bertz CT molecular complexity index is 523. The van der Waals surface area contributed by atoms with E-state index in [1.54, 1.807) is 12.1 Å². The molecular weight excluding hydrogens is 284 g/mol. The Kier molecular flexibility index (Phi) is 7.08. The van der Waals surface area contributed by atoms with Crippen LogP contribution < -0.4 is 10.6 Å². The molecule has 22 heavy (non-hydrogen) atoms. The number of aryl methyl sites for hydroxylation is 1. The van der Waals surface area contributed by atoms with Gasteiger partial charge in [0.05, 0.1) is 5.56 Å². The molecule has 2 N–H and O–H groups in total. The second kappa shape index (κ2) is 8.81. The Morgan fingerprint density at radius 3 is 2.32 bits per heavy atom. The Morgan fingerprint density at radius 1 is 1.14 bits per heavy atom. The van der Waals surface area contributed by atoms with Gasteiger partial charge in [0.15, 0.2) is 6.61 Å². The van der Waals surface area contributed by atoms with Crippen molar-refractivity contribution in [1.82, 2.24) is 10.6 Å². The van der Waals surface area contributed by atoms with Gasteiger partial charge in [0, 0.05) is 6.54 Å². The third kappa shape index (κ3) is 6.39. The van der Waals surface area contributed by atoms with E-state index >= 15 is 0 Å². The van der Waals surface area contributed by atoms with Crippen molar-refractivity contribution in [3.05, 3.63) is 35.4 Å². The molecule has 3 amide bonds. The SMILES string of the molecule is CCc1ccc(C(=O)OCC(=O)NC(=O)NCC(C)C)cc1. The average Bonchev–Trinajstić information content (AvgIpc) is 2.50. The van der Waals surface area contributed by atoms with Crippen LogP contribution in [0.4, 0.5) is 4.79 Å². The van der Waals surface area contributed by atoms with E-state index in [1.165, 1.54) is 0 Å². The molecule has 0 heterocycles. The number of carbonyl (C=O) groups is 3. The summed E-state index contributed by atoms with van der Waals surface area (Å²) in [6.07, 6.45) is 0.878. The molecule has 0 bridgehead atoms. The van der Waals surface area contributed by atoms with E-state index in [-0.39, 0.29) is 5.92 Å². The van der Waals surface area contributed by atoms with Crippen molar-refractivity contribution in [2.24, 2.45) is 5.92 Å². The summed E-state index contributed by atoms with van der Waals surface area (Å²) < 4.78 is 4.86. The zero-order valence-electron chi connectivity index (χ0n) is 13.1. The molecule has 0 aromatic heterocycles. The van der Waals surface area contributed by atoms with Crippen molar-refractivity contribution in [3.63, 3.8) is 0 Å². The summed E-state index contributed by atoms with van der Waals surface area (Å²) in [5.41, 5.74) is 1.48. The molecule has 0 radical (unpaired) electrons. The number of carbonyl (C=O) groups excluding carboxylic acids is 3. The van der Waals surface area contributed by atoms with E-state index in [2.05, 4.69) is 10.6 Å². The second-order valence-corrected chi connectivity index (χ2v) is 5.28. The van der Waals surface area contributed by atoms with Crippen molar-refractivity contribution in [3.8, 4) is 0 Å². The van der Waals surface area contributed by atoms with Crippen LogP contribution in [0.2, 0.25) is 0 Å². The zero-order chi connectivity index (χ0) is 16.5. The van der Waals surface area contributed by atoms with E-state index in [0.717, 1.165) is 12.0 Å². The van der Waals surface area contributed by atoms with Crippen LogP contribution >= 0.6 is 0 Å². The number of esters is 1. The van der Waals surface area contributed by atoms with Crippen molar-refractivity contribution in [2.75, 3.05) is 13.2 Å². The maximum Gasteiger partial charge on any atom is 0.338 e. The first-order valence-electron chi connectivity index (χ1n) is 7.26.